The molecule has 0 bridgehead atoms. The zero-order chi connectivity index (χ0) is 19.5. The molecule has 146 valence electrons. The third kappa shape index (κ3) is 8.23. The predicted molar refractivity (Wildman–Crippen MR) is 108 cm³/mol. The highest BCUT2D eigenvalue weighted by Gasteiger charge is 2.08. The van der Waals surface area contributed by atoms with Crippen molar-refractivity contribution in [3.8, 4) is 5.75 Å². The summed E-state index contributed by atoms with van der Waals surface area (Å²) in [6.45, 7) is 10.6. The van der Waals surface area contributed by atoms with Gasteiger partial charge in [0.05, 0.1) is 19.7 Å². The molecule has 0 aliphatic carbocycles. The van der Waals surface area contributed by atoms with E-state index >= 15 is 0 Å². The second-order valence-corrected chi connectivity index (χ2v) is 6.98. The first-order valence-electron chi connectivity index (χ1n) is 9.28. The van der Waals surface area contributed by atoms with Crippen LogP contribution in [0.5, 0.6) is 5.75 Å². The largest absolute Gasteiger partial charge is 0.493 e. The number of hydrogen-bond acceptors (Lipinski definition) is 3. The van der Waals surface area contributed by atoms with E-state index in [0.29, 0.717) is 25.0 Å². The molecule has 0 fully saturated rings. The summed E-state index contributed by atoms with van der Waals surface area (Å²) >= 11 is 0. The van der Waals surface area contributed by atoms with Crippen LogP contribution in [0.25, 0.3) is 0 Å². The van der Waals surface area contributed by atoms with Crippen molar-refractivity contribution in [3.63, 3.8) is 0 Å². The van der Waals surface area contributed by atoms with Gasteiger partial charge in [-0.05, 0) is 37.8 Å². The fourth-order valence-corrected chi connectivity index (χ4v) is 2.15. The summed E-state index contributed by atoms with van der Waals surface area (Å²) in [5, 5.41) is 6.23. The number of guanidine groups is 1. The molecule has 0 heterocycles. The van der Waals surface area contributed by atoms with Crippen molar-refractivity contribution >= 4 is 11.9 Å². The van der Waals surface area contributed by atoms with Crippen LogP contribution in [-0.2, 0) is 11.3 Å². The Morgan fingerprint density at radius 3 is 2.62 bits per heavy atom. The van der Waals surface area contributed by atoms with Crippen LogP contribution in [0.15, 0.2) is 23.2 Å². The number of likely N-dealkylation sites (N-methyl/N-ethyl adjacent to an activating group) is 1. The molecule has 0 saturated carbocycles. The number of amides is 1. The topological polar surface area (TPSA) is 66.0 Å². The molecule has 1 aromatic carbocycles. The number of carbonyl (C=O) groups excluding carboxylic acids is 1. The lowest BCUT2D eigenvalue weighted by Gasteiger charge is -2.15. The van der Waals surface area contributed by atoms with Crippen LogP contribution >= 0.6 is 0 Å². The molecule has 6 nitrogen and oxygen atoms in total. The number of hydrogen-bond donors (Lipinski definition) is 2. The third-order valence-corrected chi connectivity index (χ3v) is 3.83. The van der Waals surface area contributed by atoms with E-state index in [0.717, 1.165) is 24.3 Å². The van der Waals surface area contributed by atoms with E-state index in [1.54, 1.807) is 19.0 Å². The van der Waals surface area contributed by atoms with Crippen molar-refractivity contribution in [1.82, 2.24) is 15.5 Å². The summed E-state index contributed by atoms with van der Waals surface area (Å²) < 4.78 is 5.98. The second-order valence-electron chi connectivity index (χ2n) is 6.98. The van der Waals surface area contributed by atoms with Crippen molar-refractivity contribution < 1.29 is 9.53 Å². The summed E-state index contributed by atoms with van der Waals surface area (Å²) in [5.41, 5.74) is 2.20. The number of nitrogens with zero attached hydrogens (tertiary/aromatic N) is 2. The number of rotatable bonds is 9. The smallest absolute Gasteiger partial charge is 0.241 e. The van der Waals surface area contributed by atoms with Gasteiger partial charge in [-0.15, -0.1) is 0 Å². The number of nitrogens with one attached hydrogen (secondary N) is 2. The molecule has 0 saturated heterocycles. The number of ether oxygens (including phenoxy) is 1. The van der Waals surface area contributed by atoms with Gasteiger partial charge in [-0.3, -0.25) is 4.79 Å². The van der Waals surface area contributed by atoms with E-state index in [9.17, 15) is 4.79 Å². The van der Waals surface area contributed by atoms with Crippen LogP contribution in [0.3, 0.4) is 0 Å². The van der Waals surface area contributed by atoms with Crippen LogP contribution in [-0.4, -0.2) is 50.6 Å². The fourth-order valence-electron chi connectivity index (χ4n) is 2.15. The van der Waals surface area contributed by atoms with E-state index in [-0.39, 0.29) is 12.5 Å². The maximum atomic E-state index is 11.8. The maximum Gasteiger partial charge on any atom is 0.241 e. The zero-order valence-corrected chi connectivity index (χ0v) is 17.1. The first-order chi connectivity index (χ1) is 12.3. The highest BCUT2D eigenvalue weighted by Crippen LogP contribution is 2.22. The number of carbonyl (C=O) groups is 1. The number of benzene rings is 1. The van der Waals surface area contributed by atoms with Crippen LogP contribution in [0.2, 0.25) is 0 Å². The minimum Gasteiger partial charge on any atom is -0.493 e. The molecule has 2 N–H and O–H groups in total. The Morgan fingerprint density at radius 2 is 2.00 bits per heavy atom. The van der Waals surface area contributed by atoms with Crippen LogP contribution in [0, 0.1) is 12.8 Å². The highest BCUT2D eigenvalue weighted by molar-refractivity contribution is 5.86. The van der Waals surface area contributed by atoms with E-state index in [1.807, 2.05) is 6.92 Å². The standard InChI is InChI=1S/C20H34N4O2/c1-7-21-20(23-14-19(25)24(5)6)22-13-17-9-8-16(4)12-18(17)26-11-10-15(2)3/h8-9,12,15H,7,10-11,13-14H2,1-6H3,(H2,21,22,23). The maximum absolute atomic E-state index is 11.8. The lowest BCUT2D eigenvalue weighted by atomic mass is 10.1. The predicted octanol–water partition coefficient (Wildman–Crippen LogP) is 2.56. The average Bonchev–Trinajstić information content (AvgIpc) is 2.57. The molecule has 0 radical (unpaired) electrons. The van der Waals surface area contributed by atoms with Gasteiger partial charge in [0, 0.05) is 26.2 Å². The van der Waals surface area contributed by atoms with Crippen LogP contribution in [0.4, 0.5) is 0 Å². The zero-order valence-electron chi connectivity index (χ0n) is 17.1. The molecule has 26 heavy (non-hydrogen) atoms. The molecule has 0 aliphatic rings. The van der Waals surface area contributed by atoms with Gasteiger partial charge in [0.15, 0.2) is 5.96 Å². The van der Waals surface area contributed by atoms with E-state index in [1.165, 1.54) is 5.56 Å². The normalized spacial score (nSPS) is 11.4. The molecule has 0 spiro atoms. The molecule has 6 heteroatoms. The molecule has 0 unspecified atom stereocenters. The Morgan fingerprint density at radius 1 is 1.27 bits per heavy atom. The van der Waals surface area contributed by atoms with Gasteiger partial charge >= 0.3 is 0 Å². The SMILES string of the molecule is CCNC(=NCc1ccc(C)cc1OCCC(C)C)NCC(=O)N(C)C. The lowest BCUT2D eigenvalue weighted by molar-refractivity contribution is -0.127. The Labute approximate surface area is 158 Å². The van der Waals surface area contributed by atoms with Gasteiger partial charge in [-0.2, -0.15) is 0 Å². The van der Waals surface area contributed by atoms with Gasteiger partial charge in [0.1, 0.15) is 5.75 Å². The van der Waals surface area contributed by atoms with Gasteiger partial charge in [0.25, 0.3) is 0 Å². The molecule has 1 aromatic rings. The Hall–Kier alpha value is -2.24. The summed E-state index contributed by atoms with van der Waals surface area (Å²) in [6.07, 6.45) is 1.02. The average molecular weight is 363 g/mol. The molecule has 0 aromatic heterocycles. The minimum atomic E-state index is 0.00338. The lowest BCUT2D eigenvalue weighted by Crippen LogP contribution is -2.42. The van der Waals surface area contributed by atoms with E-state index < -0.39 is 0 Å². The van der Waals surface area contributed by atoms with E-state index in [2.05, 4.69) is 54.6 Å². The van der Waals surface area contributed by atoms with Crippen molar-refractivity contribution in [2.75, 3.05) is 33.8 Å². The van der Waals surface area contributed by atoms with Crippen molar-refractivity contribution in [2.45, 2.75) is 40.7 Å². The fraction of sp³-hybridized carbons (Fsp3) is 0.600. The summed E-state index contributed by atoms with van der Waals surface area (Å²) in [4.78, 5) is 17.9. The quantitative estimate of drug-likeness (QED) is 0.523. The minimum absolute atomic E-state index is 0.00338. The molecule has 1 amide bonds. The van der Waals surface area contributed by atoms with E-state index in [4.69, 9.17) is 4.74 Å². The Balaban J connectivity index is 2.79. The first kappa shape index (κ1) is 21.8. The first-order valence-corrected chi connectivity index (χ1v) is 9.28. The van der Waals surface area contributed by atoms with Crippen molar-refractivity contribution in [3.05, 3.63) is 29.3 Å². The number of aliphatic imine (C=N–C) groups is 1. The summed E-state index contributed by atoms with van der Waals surface area (Å²) in [6, 6.07) is 6.18. The van der Waals surface area contributed by atoms with Crippen molar-refractivity contribution in [1.29, 1.82) is 0 Å². The Kier molecular flexibility index (Phi) is 9.55. The van der Waals surface area contributed by atoms with Crippen molar-refractivity contribution in [2.24, 2.45) is 10.9 Å². The van der Waals surface area contributed by atoms with Gasteiger partial charge in [0.2, 0.25) is 5.91 Å². The third-order valence-electron chi connectivity index (χ3n) is 3.83. The molecular weight excluding hydrogens is 328 g/mol. The molecule has 0 aliphatic heterocycles. The number of aryl methyl sites for hydroxylation is 1. The molecular formula is C20H34N4O2. The Bertz CT molecular complexity index is 597. The van der Waals surface area contributed by atoms with Gasteiger partial charge < -0.3 is 20.3 Å². The van der Waals surface area contributed by atoms with Crippen LogP contribution in [0.1, 0.15) is 38.3 Å². The van der Waals surface area contributed by atoms with Gasteiger partial charge in [-0.25, -0.2) is 4.99 Å². The summed E-state index contributed by atoms with van der Waals surface area (Å²) in [5.74, 6) is 2.12. The van der Waals surface area contributed by atoms with Gasteiger partial charge in [-0.1, -0.05) is 26.0 Å². The second kappa shape index (κ2) is 11.4. The summed E-state index contributed by atoms with van der Waals surface area (Å²) in [7, 11) is 3.47. The monoisotopic (exact) mass is 362 g/mol. The molecule has 1 rings (SSSR count). The van der Waals surface area contributed by atoms with Crippen LogP contribution < -0.4 is 15.4 Å². The highest BCUT2D eigenvalue weighted by atomic mass is 16.5. The molecule has 0 atom stereocenters.